The molecule has 1 aliphatic carbocycles. The summed E-state index contributed by atoms with van der Waals surface area (Å²) in [5.74, 6) is -0.727. The highest BCUT2D eigenvalue weighted by Gasteiger charge is 2.36. The topological polar surface area (TPSA) is 52.5 Å². The van der Waals surface area contributed by atoms with E-state index in [0.717, 1.165) is 11.1 Å². The van der Waals surface area contributed by atoms with Gasteiger partial charge in [-0.05, 0) is 17.0 Å². The van der Waals surface area contributed by atoms with Crippen molar-refractivity contribution in [2.45, 2.75) is 24.5 Å². The second kappa shape index (κ2) is 3.87. The van der Waals surface area contributed by atoms with E-state index in [9.17, 15) is 14.6 Å². The summed E-state index contributed by atoms with van der Waals surface area (Å²) in [6.45, 7) is 0. The average molecular weight is 221 g/mol. The van der Waals surface area contributed by atoms with Crippen molar-refractivity contribution in [2.24, 2.45) is 0 Å². The molecule has 2 rings (SSSR count). The molecule has 4 heteroatoms. The van der Waals surface area contributed by atoms with Crippen LogP contribution in [-0.2, 0) is 6.42 Å². The van der Waals surface area contributed by atoms with E-state index in [0.29, 0.717) is 0 Å². The molecule has 84 valence electrons. The molecule has 2 unspecified atom stereocenters. The van der Waals surface area contributed by atoms with Gasteiger partial charge in [-0.15, -0.1) is 6.42 Å². The highest BCUT2D eigenvalue weighted by Crippen LogP contribution is 2.34. The van der Waals surface area contributed by atoms with Gasteiger partial charge in [0.1, 0.15) is 6.17 Å². The van der Waals surface area contributed by atoms with Crippen molar-refractivity contribution < 1.29 is 14.6 Å². The number of alkyl halides is 1. The molecule has 0 aromatic heterocycles. The van der Waals surface area contributed by atoms with Crippen LogP contribution in [0.3, 0.4) is 0 Å². The van der Waals surface area contributed by atoms with Crippen molar-refractivity contribution in [2.75, 3.05) is 0 Å². The second-order valence-electron chi connectivity index (χ2n) is 3.86. The minimum atomic E-state index is -2.48. The van der Waals surface area contributed by atoms with Crippen LogP contribution in [0.4, 0.5) is 4.39 Å². The maximum Gasteiger partial charge on any atom is 0.291 e. The van der Waals surface area contributed by atoms with Gasteiger partial charge < -0.3 is 10.2 Å². The summed E-state index contributed by atoms with van der Waals surface area (Å²) in [4.78, 5) is 0. The van der Waals surface area contributed by atoms with Crippen molar-refractivity contribution in [3.63, 3.8) is 0 Å². The Labute approximate surface area is 92.9 Å². The number of hydrogen-bond acceptors (Lipinski definition) is 3. The van der Waals surface area contributed by atoms with Crippen LogP contribution in [0.15, 0.2) is 24.3 Å². The third kappa shape index (κ3) is 1.93. The van der Waals surface area contributed by atoms with Gasteiger partial charge >= 0.3 is 0 Å². The third-order valence-electron chi connectivity index (χ3n) is 2.72. The molecule has 3 N–H and O–H groups in total. The van der Waals surface area contributed by atoms with Crippen LogP contribution in [0.25, 0.3) is 0 Å². The van der Waals surface area contributed by atoms with E-state index < -0.39 is 18.1 Å². The maximum atomic E-state index is 13.7. The number of nitrogens with one attached hydrogen (secondary N) is 1. The van der Waals surface area contributed by atoms with E-state index in [-0.39, 0.29) is 6.42 Å². The van der Waals surface area contributed by atoms with Crippen LogP contribution in [0.2, 0.25) is 0 Å². The Morgan fingerprint density at radius 3 is 2.81 bits per heavy atom. The van der Waals surface area contributed by atoms with Gasteiger partial charge in [-0.2, -0.15) is 0 Å². The Bertz CT molecular complexity index is 439. The van der Waals surface area contributed by atoms with Gasteiger partial charge in [0.05, 0.1) is 6.04 Å². The lowest BCUT2D eigenvalue weighted by atomic mass is 10.1. The molecule has 2 atom stereocenters. The molecule has 0 aliphatic heterocycles. The van der Waals surface area contributed by atoms with Crippen molar-refractivity contribution in [1.82, 2.24) is 5.32 Å². The van der Waals surface area contributed by atoms with Gasteiger partial charge in [0.25, 0.3) is 5.91 Å². The Hall–Kier alpha value is -1.41. The minimum Gasteiger partial charge on any atom is -0.343 e. The van der Waals surface area contributed by atoms with Crippen LogP contribution in [0.5, 0.6) is 0 Å². The van der Waals surface area contributed by atoms with E-state index in [1.807, 2.05) is 12.1 Å². The number of fused-ring (bicyclic) bond motifs is 1. The lowest BCUT2D eigenvalue weighted by Gasteiger charge is -2.23. The molecular weight excluding hydrogens is 209 g/mol. The van der Waals surface area contributed by atoms with E-state index in [1.165, 1.54) is 0 Å². The summed E-state index contributed by atoms with van der Waals surface area (Å²) in [5.41, 5.74) is 1.58. The van der Waals surface area contributed by atoms with Crippen LogP contribution in [0.1, 0.15) is 17.2 Å². The van der Waals surface area contributed by atoms with Gasteiger partial charge in [-0.1, -0.05) is 24.3 Å². The van der Waals surface area contributed by atoms with E-state index in [2.05, 4.69) is 5.32 Å². The zero-order chi connectivity index (χ0) is 11.8. The summed E-state index contributed by atoms with van der Waals surface area (Å²) in [5, 5.41) is 20.8. The fourth-order valence-electron chi connectivity index (χ4n) is 1.97. The third-order valence-corrected chi connectivity index (χ3v) is 2.72. The first-order chi connectivity index (χ1) is 7.53. The smallest absolute Gasteiger partial charge is 0.291 e. The van der Waals surface area contributed by atoms with Crippen LogP contribution < -0.4 is 5.32 Å². The van der Waals surface area contributed by atoms with Crippen LogP contribution >= 0.6 is 0 Å². The Kier molecular flexibility index (Phi) is 2.68. The summed E-state index contributed by atoms with van der Waals surface area (Å²) >= 11 is 0. The highest BCUT2D eigenvalue weighted by molar-refractivity contribution is 5.36. The Morgan fingerprint density at radius 2 is 2.12 bits per heavy atom. The van der Waals surface area contributed by atoms with E-state index in [1.54, 1.807) is 18.1 Å². The van der Waals surface area contributed by atoms with Crippen molar-refractivity contribution in [3.8, 4) is 12.3 Å². The summed E-state index contributed by atoms with van der Waals surface area (Å²) in [6.07, 6.45) is 3.97. The van der Waals surface area contributed by atoms with Gasteiger partial charge in [0.15, 0.2) is 0 Å². The molecule has 0 radical (unpaired) electrons. The predicted octanol–water partition coefficient (Wildman–Crippen LogP) is 0.483. The zero-order valence-corrected chi connectivity index (χ0v) is 8.52. The largest absolute Gasteiger partial charge is 0.343 e. The van der Waals surface area contributed by atoms with E-state index in [4.69, 9.17) is 6.42 Å². The number of rotatable bonds is 2. The molecule has 0 saturated carbocycles. The van der Waals surface area contributed by atoms with Gasteiger partial charge in [-0.25, -0.2) is 9.71 Å². The molecule has 0 spiro atoms. The lowest BCUT2D eigenvalue weighted by molar-refractivity contribution is -0.145. The van der Waals surface area contributed by atoms with Crippen LogP contribution in [-0.4, -0.2) is 22.3 Å². The number of benzene rings is 1. The minimum absolute atomic E-state index is 0.258. The summed E-state index contributed by atoms with van der Waals surface area (Å²) in [7, 11) is 0. The summed E-state index contributed by atoms with van der Waals surface area (Å²) < 4.78 is 13.7. The zero-order valence-electron chi connectivity index (χ0n) is 8.52. The number of halogens is 1. The fourth-order valence-corrected chi connectivity index (χ4v) is 1.97. The molecule has 3 nitrogen and oxygen atoms in total. The number of terminal acetylenes is 1. The van der Waals surface area contributed by atoms with Gasteiger partial charge in [0.2, 0.25) is 0 Å². The van der Waals surface area contributed by atoms with Crippen LogP contribution in [0, 0.1) is 12.3 Å². The Morgan fingerprint density at radius 1 is 1.44 bits per heavy atom. The van der Waals surface area contributed by atoms with Crippen molar-refractivity contribution in [1.29, 1.82) is 0 Å². The molecule has 1 aromatic carbocycles. The standard InChI is InChI=1S/C12H12FNO2/c1-2-12(15,16)14-11-9-6-4-3-5-8(9)7-10(11)13/h1,3-6,10-11,14-16H,7H2. The molecule has 1 aliphatic rings. The van der Waals surface area contributed by atoms with Gasteiger partial charge in [0, 0.05) is 6.42 Å². The molecular formula is C12H12FNO2. The fraction of sp³-hybridized carbons (Fsp3) is 0.333. The molecule has 0 amide bonds. The molecule has 16 heavy (non-hydrogen) atoms. The number of aliphatic hydroxyl groups is 2. The quantitative estimate of drug-likeness (QED) is 0.503. The molecule has 1 aromatic rings. The average Bonchev–Trinajstić information content (AvgIpc) is 2.56. The predicted molar refractivity (Wildman–Crippen MR) is 56.9 cm³/mol. The molecule has 0 fully saturated rings. The lowest BCUT2D eigenvalue weighted by Crippen LogP contribution is -2.47. The highest BCUT2D eigenvalue weighted by atomic mass is 19.1. The molecule has 0 bridgehead atoms. The maximum absolute atomic E-state index is 13.7. The monoisotopic (exact) mass is 221 g/mol. The van der Waals surface area contributed by atoms with Crippen molar-refractivity contribution in [3.05, 3.63) is 35.4 Å². The SMILES string of the molecule is C#CC(O)(O)NC1c2ccccc2CC1F. The van der Waals surface area contributed by atoms with E-state index >= 15 is 0 Å². The Balaban J connectivity index is 2.27. The summed E-state index contributed by atoms with van der Waals surface area (Å²) in [6, 6.07) is 6.38. The second-order valence-corrected chi connectivity index (χ2v) is 3.86. The first-order valence-corrected chi connectivity index (χ1v) is 4.95. The first-order valence-electron chi connectivity index (χ1n) is 4.95. The van der Waals surface area contributed by atoms with Crippen molar-refractivity contribution >= 4 is 0 Å². The van der Waals surface area contributed by atoms with Gasteiger partial charge in [-0.3, -0.25) is 0 Å². The first kappa shape index (κ1) is 11.1. The normalized spacial score (nSPS) is 23.9. The molecule has 0 saturated heterocycles. The molecule has 0 heterocycles. The number of hydrogen-bond donors (Lipinski definition) is 3.